The predicted molar refractivity (Wildman–Crippen MR) is 120 cm³/mol. The Bertz CT molecular complexity index is 630. The van der Waals surface area contributed by atoms with E-state index in [1.807, 2.05) is 47.6 Å². The molecule has 0 bridgehead atoms. The van der Waals surface area contributed by atoms with Gasteiger partial charge in [-0.15, -0.1) is 0 Å². The number of nitrogens with one attached hydrogen (secondary N) is 2. The highest BCUT2D eigenvalue weighted by molar-refractivity contribution is 5.96. The van der Waals surface area contributed by atoms with Crippen molar-refractivity contribution in [3.05, 3.63) is 36.5 Å². The van der Waals surface area contributed by atoms with Crippen molar-refractivity contribution in [2.75, 3.05) is 13.1 Å². The van der Waals surface area contributed by atoms with E-state index in [0.29, 0.717) is 18.7 Å². The Morgan fingerprint density at radius 2 is 1.83 bits per heavy atom. The monoisotopic (exact) mass is 405 g/mol. The number of rotatable bonds is 6. The van der Waals surface area contributed by atoms with Crippen LogP contribution in [0, 0.1) is 5.41 Å². The van der Waals surface area contributed by atoms with Gasteiger partial charge in [-0.2, -0.15) is 0 Å². The Kier molecular flexibility index (Phi) is 11.9. The number of amides is 3. The summed E-state index contributed by atoms with van der Waals surface area (Å²) in [7, 11) is 0. The zero-order valence-electron chi connectivity index (χ0n) is 19.2. The lowest BCUT2D eigenvalue weighted by Gasteiger charge is -2.34. The lowest BCUT2D eigenvalue weighted by atomic mass is 9.84. The Hall–Kier alpha value is -2.37. The number of hydrogen-bond donors (Lipinski definition) is 2. The Morgan fingerprint density at radius 3 is 2.31 bits per heavy atom. The summed E-state index contributed by atoms with van der Waals surface area (Å²) in [5.74, 6) is -0.172. The van der Waals surface area contributed by atoms with Crippen LogP contribution in [-0.4, -0.2) is 47.8 Å². The molecule has 164 valence electrons. The van der Waals surface area contributed by atoms with E-state index < -0.39 is 6.04 Å². The highest BCUT2D eigenvalue weighted by Gasteiger charge is 2.31. The van der Waals surface area contributed by atoms with Crippen molar-refractivity contribution in [3.63, 3.8) is 0 Å². The molecule has 2 N–H and O–H groups in total. The highest BCUT2D eigenvalue weighted by Crippen LogP contribution is 2.20. The molecule has 1 saturated heterocycles. The van der Waals surface area contributed by atoms with Gasteiger partial charge in [-0.3, -0.25) is 9.59 Å². The summed E-state index contributed by atoms with van der Waals surface area (Å²) in [4.78, 5) is 38.6. The van der Waals surface area contributed by atoms with E-state index in [4.69, 9.17) is 0 Å². The van der Waals surface area contributed by atoms with Crippen LogP contribution in [0.2, 0.25) is 0 Å². The molecule has 6 heteroatoms. The van der Waals surface area contributed by atoms with Crippen molar-refractivity contribution in [3.8, 4) is 0 Å². The second-order valence-corrected chi connectivity index (χ2v) is 7.97. The first-order chi connectivity index (χ1) is 13.6. The maximum absolute atomic E-state index is 12.6. The van der Waals surface area contributed by atoms with Crippen molar-refractivity contribution in [1.29, 1.82) is 0 Å². The van der Waals surface area contributed by atoms with Crippen LogP contribution in [0.1, 0.15) is 61.3 Å². The van der Waals surface area contributed by atoms with E-state index in [-0.39, 0.29) is 29.2 Å². The number of urea groups is 1. The molecule has 2 unspecified atom stereocenters. The van der Waals surface area contributed by atoms with Gasteiger partial charge in [-0.05, 0) is 38.2 Å². The third kappa shape index (κ3) is 9.11. The maximum Gasteiger partial charge on any atom is 0.315 e. The summed E-state index contributed by atoms with van der Waals surface area (Å²) in [5, 5.41) is 5.68. The molecule has 6 nitrogen and oxygen atoms in total. The molecule has 0 aromatic heterocycles. The molecule has 1 aliphatic rings. The number of allylic oxidation sites excluding steroid dienone is 3. The summed E-state index contributed by atoms with van der Waals surface area (Å²) < 4.78 is 0. The fraction of sp³-hybridized carbons (Fsp3) is 0.609. The Labute approximate surface area is 176 Å². The highest BCUT2D eigenvalue weighted by atomic mass is 16.2. The van der Waals surface area contributed by atoms with Crippen molar-refractivity contribution in [2.24, 2.45) is 5.41 Å². The molecule has 3 amide bonds. The summed E-state index contributed by atoms with van der Waals surface area (Å²) >= 11 is 0. The Morgan fingerprint density at radius 1 is 1.21 bits per heavy atom. The minimum absolute atomic E-state index is 0.0807. The van der Waals surface area contributed by atoms with Gasteiger partial charge >= 0.3 is 6.03 Å². The first-order valence-corrected chi connectivity index (χ1v) is 10.4. The average molecular weight is 406 g/mol. The first-order valence-electron chi connectivity index (χ1n) is 10.4. The molecule has 2 atom stereocenters. The van der Waals surface area contributed by atoms with Gasteiger partial charge in [0.15, 0.2) is 5.78 Å². The second kappa shape index (κ2) is 13.0. The fourth-order valence-corrected chi connectivity index (χ4v) is 3.17. The summed E-state index contributed by atoms with van der Waals surface area (Å²) in [6.07, 6.45) is 8.53. The number of carbonyl (C=O) groups excluding carboxylic acids is 3. The zero-order chi connectivity index (χ0) is 22.6. The van der Waals surface area contributed by atoms with Gasteiger partial charge in [0.1, 0.15) is 0 Å². The van der Waals surface area contributed by atoms with E-state index in [1.165, 1.54) is 6.92 Å². The van der Waals surface area contributed by atoms with Crippen molar-refractivity contribution < 1.29 is 14.4 Å². The van der Waals surface area contributed by atoms with Crippen LogP contribution in [-0.2, 0) is 9.59 Å². The van der Waals surface area contributed by atoms with E-state index in [2.05, 4.69) is 17.2 Å². The number of piperidine rings is 1. The molecular weight excluding hydrogens is 366 g/mol. The summed E-state index contributed by atoms with van der Waals surface area (Å²) in [6.45, 7) is 17.9. The van der Waals surface area contributed by atoms with E-state index >= 15 is 0 Å². The molecule has 0 aliphatic carbocycles. The van der Waals surface area contributed by atoms with Crippen LogP contribution >= 0.6 is 0 Å². The summed E-state index contributed by atoms with van der Waals surface area (Å²) in [5.41, 5.74) is 0.163. The molecule has 29 heavy (non-hydrogen) atoms. The van der Waals surface area contributed by atoms with Crippen LogP contribution in [0.4, 0.5) is 4.79 Å². The van der Waals surface area contributed by atoms with Crippen LogP contribution in [0.15, 0.2) is 36.5 Å². The van der Waals surface area contributed by atoms with Gasteiger partial charge in [-0.1, -0.05) is 59.4 Å². The molecular formula is C23H39N3O3. The van der Waals surface area contributed by atoms with Gasteiger partial charge < -0.3 is 15.5 Å². The lowest BCUT2D eigenvalue weighted by molar-refractivity contribution is -0.128. The molecule has 0 spiro atoms. The first kappa shape index (κ1) is 26.6. The number of ketones is 1. The minimum atomic E-state index is -0.560. The molecule has 1 heterocycles. The van der Waals surface area contributed by atoms with Gasteiger partial charge in [0, 0.05) is 24.7 Å². The second-order valence-electron chi connectivity index (χ2n) is 7.97. The molecule has 1 rings (SSSR count). The van der Waals surface area contributed by atoms with Gasteiger partial charge in [-0.25, -0.2) is 4.79 Å². The quantitative estimate of drug-likeness (QED) is 0.518. The third-order valence-electron chi connectivity index (χ3n) is 4.53. The van der Waals surface area contributed by atoms with E-state index in [1.54, 1.807) is 23.1 Å². The number of nitrogens with zero attached hydrogens (tertiary/aromatic N) is 1. The molecule has 1 aliphatic heterocycles. The standard InChI is InChI=1S/C21H33N3O3.C2H6/c1-7-9-11-16(8-2)19(26)24-13-10-12-17(14-24)22-20(27)23-18(15(3)25)21(4,5)6;1-2/h7-9,11,17-18H,2,10,12-14H2,1,3-6H3,(H2,22,23,27);1-2H3/b9-7-,16-11+;. The number of carbonyl (C=O) groups is 3. The molecule has 0 aromatic carbocycles. The van der Waals surface area contributed by atoms with Gasteiger partial charge in [0.2, 0.25) is 0 Å². The maximum atomic E-state index is 12.6. The SMILES string of the molecule is C=C/C(=C\C=C/C)C(=O)N1CCCC(NC(=O)NC(C(C)=O)C(C)(C)C)C1.CC. The molecule has 1 fully saturated rings. The van der Waals surface area contributed by atoms with Crippen LogP contribution in [0.25, 0.3) is 0 Å². The van der Waals surface area contributed by atoms with Crippen molar-refractivity contribution in [2.45, 2.75) is 73.4 Å². The Balaban J connectivity index is 0.00000379. The third-order valence-corrected chi connectivity index (χ3v) is 4.53. The van der Waals surface area contributed by atoms with Crippen molar-refractivity contribution in [1.82, 2.24) is 15.5 Å². The number of likely N-dealkylation sites (tertiary alicyclic amines) is 1. The van der Waals surface area contributed by atoms with Gasteiger partial charge in [0.05, 0.1) is 6.04 Å². The molecule has 0 aromatic rings. The van der Waals surface area contributed by atoms with Gasteiger partial charge in [0.25, 0.3) is 5.91 Å². The van der Waals surface area contributed by atoms with E-state index in [9.17, 15) is 14.4 Å². The summed E-state index contributed by atoms with van der Waals surface area (Å²) in [6, 6.07) is -1.09. The van der Waals surface area contributed by atoms with E-state index in [0.717, 1.165) is 12.8 Å². The minimum Gasteiger partial charge on any atom is -0.337 e. The topological polar surface area (TPSA) is 78.5 Å². The fourth-order valence-electron chi connectivity index (χ4n) is 3.17. The molecule has 0 saturated carbocycles. The van der Waals surface area contributed by atoms with Crippen molar-refractivity contribution >= 4 is 17.7 Å². The van der Waals surface area contributed by atoms with Crippen LogP contribution < -0.4 is 10.6 Å². The number of Topliss-reactive ketones (excluding diaryl/α,β-unsaturated/α-hetero) is 1. The zero-order valence-corrected chi connectivity index (χ0v) is 19.2. The van der Waals surface area contributed by atoms with Crippen LogP contribution in [0.3, 0.4) is 0 Å². The molecule has 0 radical (unpaired) electrons. The lowest BCUT2D eigenvalue weighted by Crippen LogP contribution is -2.56. The predicted octanol–water partition coefficient (Wildman–Crippen LogP) is 4.00. The normalized spacial score (nSPS) is 18.4. The largest absolute Gasteiger partial charge is 0.337 e. The number of hydrogen-bond acceptors (Lipinski definition) is 3. The average Bonchev–Trinajstić information content (AvgIpc) is 2.67. The van der Waals surface area contributed by atoms with Crippen LogP contribution in [0.5, 0.6) is 0 Å². The smallest absolute Gasteiger partial charge is 0.315 e.